The zero-order valence-corrected chi connectivity index (χ0v) is 8.70. The van der Waals surface area contributed by atoms with Crippen LogP contribution in [0.2, 0.25) is 0 Å². The first-order chi connectivity index (χ1) is 5.07. The number of aliphatic carboxylic acids is 1. The number of rotatable bonds is 3. The zero-order chi connectivity index (χ0) is 8.85. The monoisotopic (exact) mass is 180 g/mol. The Hall–Kier alpha value is -0.650. The van der Waals surface area contributed by atoms with Crippen LogP contribution in [0.1, 0.15) is 0 Å². The van der Waals surface area contributed by atoms with Crippen molar-refractivity contribution in [2.24, 2.45) is 0 Å². The molecule has 0 rings (SSSR count). The molecule has 0 bridgehead atoms. The van der Waals surface area contributed by atoms with Crippen LogP contribution in [0.3, 0.4) is 0 Å². The number of methoxy groups -OCH3 is 1. The van der Waals surface area contributed by atoms with Crippen molar-refractivity contribution in [3.63, 3.8) is 0 Å². The minimum atomic E-state index is -1.86. The molecule has 0 saturated carbocycles. The van der Waals surface area contributed by atoms with Crippen molar-refractivity contribution < 1.29 is 53.8 Å². The van der Waals surface area contributed by atoms with Gasteiger partial charge in [-0.1, -0.05) is 0 Å². The fourth-order valence-corrected chi connectivity index (χ4v) is 0.280. The smallest absolute Gasteiger partial charge is 0.541 e. The maximum absolute atomic E-state index is 10.3. The third-order valence-corrected chi connectivity index (χ3v) is 0.773. The molecule has 0 atom stereocenters. The largest absolute Gasteiger partial charge is 1.00 e. The summed E-state index contributed by atoms with van der Waals surface area (Å²) in [7, 11) is 1.11. The van der Waals surface area contributed by atoms with Crippen molar-refractivity contribution in [2.45, 2.75) is 0 Å². The molecule has 6 heteroatoms. The van der Waals surface area contributed by atoms with Crippen LogP contribution in [0.5, 0.6) is 0 Å². The second kappa shape index (κ2) is 7.02. The summed E-state index contributed by atoms with van der Waals surface area (Å²) in [5.41, 5.74) is 0. The summed E-state index contributed by atoms with van der Waals surface area (Å²) in [5.74, 6) is -3.92. The normalized spacial score (nSPS) is 8.75. The van der Waals surface area contributed by atoms with E-state index in [0.717, 1.165) is 7.11 Å². The van der Waals surface area contributed by atoms with Crippen molar-refractivity contribution in [1.29, 1.82) is 0 Å². The number of hydrogen-bond acceptors (Lipinski definition) is 5. The Labute approximate surface area is 90.7 Å². The van der Waals surface area contributed by atoms with Gasteiger partial charge in [0.2, 0.25) is 5.78 Å². The Balaban J connectivity index is 0. The Bertz CT molecular complexity index is 220. The van der Waals surface area contributed by atoms with E-state index in [1.54, 1.807) is 0 Å². The molecule has 0 amide bonds. The van der Waals surface area contributed by atoms with Crippen LogP contribution in [0, 0.1) is 0 Å². The number of esters is 1. The van der Waals surface area contributed by atoms with Crippen LogP contribution < -0.4 is 34.7 Å². The average Bonchev–Trinajstić information content (AvgIpc) is 1.99. The van der Waals surface area contributed by atoms with Gasteiger partial charge in [-0.3, -0.25) is 4.79 Å². The van der Waals surface area contributed by atoms with Crippen LogP contribution >= 0.6 is 0 Å². The first-order valence-corrected chi connectivity index (χ1v) is 2.59. The summed E-state index contributed by atoms with van der Waals surface area (Å²) in [4.78, 5) is 30.2. The van der Waals surface area contributed by atoms with Gasteiger partial charge in [0.15, 0.2) is 0 Å². The molecule has 12 heavy (non-hydrogen) atoms. The molecule has 0 aliphatic rings. The van der Waals surface area contributed by atoms with E-state index in [4.69, 9.17) is 0 Å². The summed E-state index contributed by atoms with van der Waals surface area (Å²) in [6.45, 7) is 0. The zero-order valence-electron chi connectivity index (χ0n) is 6.70. The molecule has 0 aromatic heterocycles. The Morgan fingerprint density at radius 1 is 1.25 bits per heavy atom. The van der Waals surface area contributed by atoms with E-state index in [0.29, 0.717) is 12.2 Å². The van der Waals surface area contributed by atoms with Gasteiger partial charge in [-0.25, -0.2) is 4.79 Å². The molecule has 0 aliphatic carbocycles. The summed E-state index contributed by atoms with van der Waals surface area (Å²) < 4.78 is 4.09. The van der Waals surface area contributed by atoms with Gasteiger partial charge >= 0.3 is 35.5 Å². The summed E-state index contributed by atoms with van der Waals surface area (Å²) in [5, 5.41) is 9.74. The van der Waals surface area contributed by atoms with Gasteiger partial charge in [-0.05, 0) is 6.08 Å². The van der Waals surface area contributed by atoms with Crippen LogP contribution in [0.15, 0.2) is 12.2 Å². The quantitative estimate of drug-likeness (QED) is 0.188. The van der Waals surface area contributed by atoms with Crippen molar-refractivity contribution in [3.8, 4) is 0 Å². The number of hydrogen-bond donors (Lipinski definition) is 0. The van der Waals surface area contributed by atoms with Gasteiger partial charge in [0.25, 0.3) is 0 Å². The fraction of sp³-hybridized carbons (Fsp3) is 0.167. The topological polar surface area (TPSA) is 83.5 Å². The van der Waals surface area contributed by atoms with E-state index >= 15 is 0 Å². The van der Waals surface area contributed by atoms with Crippen LogP contribution in [0.25, 0.3) is 0 Å². The number of ether oxygens (including phenoxy) is 1. The Kier molecular flexibility index (Phi) is 8.14. The van der Waals surface area contributed by atoms with E-state index < -0.39 is 17.7 Å². The molecule has 60 valence electrons. The van der Waals surface area contributed by atoms with Crippen LogP contribution in [-0.4, -0.2) is 24.8 Å². The van der Waals surface area contributed by atoms with Crippen molar-refractivity contribution in [1.82, 2.24) is 0 Å². The molecule has 0 heterocycles. The molecule has 0 unspecified atom stereocenters. The molecule has 5 nitrogen and oxygen atoms in total. The molecule has 0 fully saturated rings. The number of carbonyl (C=O) groups excluding carboxylic acids is 3. The minimum absolute atomic E-state index is 0. The van der Waals surface area contributed by atoms with E-state index in [9.17, 15) is 19.5 Å². The maximum Gasteiger partial charge on any atom is 1.00 e. The van der Waals surface area contributed by atoms with Crippen molar-refractivity contribution in [2.75, 3.05) is 7.11 Å². The second-order valence-electron chi connectivity index (χ2n) is 1.51. The molecule has 0 spiro atoms. The molecule has 0 aliphatic heterocycles. The average molecular weight is 180 g/mol. The molecule has 0 N–H and O–H groups in total. The van der Waals surface area contributed by atoms with Gasteiger partial charge < -0.3 is 14.6 Å². The van der Waals surface area contributed by atoms with E-state index in [-0.39, 0.29) is 29.6 Å². The van der Waals surface area contributed by atoms with Gasteiger partial charge in [-0.15, -0.1) is 0 Å². The molecular formula is C6H5NaO5. The molecule has 0 saturated heterocycles. The fourth-order valence-electron chi connectivity index (χ4n) is 0.280. The molecule has 0 aromatic carbocycles. The molecule has 0 aromatic rings. The molecular weight excluding hydrogens is 175 g/mol. The predicted molar refractivity (Wildman–Crippen MR) is 31.2 cm³/mol. The minimum Gasteiger partial charge on any atom is -0.541 e. The van der Waals surface area contributed by atoms with E-state index in [1.165, 1.54) is 0 Å². The molecule has 0 radical (unpaired) electrons. The van der Waals surface area contributed by atoms with Gasteiger partial charge in [0.05, 0.1) is 7.11 Å². The first kappa shape index (κ1) is 13.9. The third-order valence-electron chi connectivity index (χ3n) is 0.773. The summed E-state index contributed by atoms with van der Waals surface area (Å²) in [6, 6.07) is 0. The first-order valence-electron chi connectivity index (χ1n) is 2.59. The SMILES string of the molecule is COC(=O)/C=C/C(=O)C(=O)[O-].[Na+]. The second-order valence-corrected chi connectivity index (χ2v) is 1.51. The number of ketones is 1. The van der Waals surface area contributed by atoms with Gasteiger partial charge in [-0.2, -0.15) is 0 Å². The Morgan fingerprint density at radius 2 is 1.75 bits per heavy atom. The van der Waals surface area contributed by atoms with Crippen LogP contribution in [0.4, 0.5) is 0 Å². The van der Waals surface area contributed by atoms with E-state index in [2.05, 4.69) is 4.74 Å². The van der Waals surface area contributed by atoms with Gasteiger partial charge in [0, 0.05) is 6.08 Å². The summed E-state index contributed by atoms with van der Waals surface area (Å²) >= 11 is 0. The summed E-state index contributed by atoms with van der Waals surface area (Å²) in [6.07, 6.45) is 1.28. The number of carboxylic acids is 1. The van der Waals surface area contributed by atoms with E-state index in [1.807, 2.05) is 0 Å². The Morgan fingerprint density at radius 3 is 2.08 bits per heavy atom. The third kappa shape index (κ3) is 6.09. The standard InChI is InChI=1S/C6H6O5.Na/c1-11-5(8)3-2-4(7)6(9)10;/h2-3H,1H3,(H,9,10);/q;+1/p-1/b3-2+;. The predicted octanol–water partition coefficient (Wildman–Crippen LogP) is -4.96. The van der Waals surface area contributed by atoms with Crippen molar-refractivity contribution in [3.05, 3.63) is 12.2 Å². The maximum atomic E-state index is 10.3. The van der Waals surface area contributed by atoms with Crippen molar-refractivity contribution >= 4 is 17.7 Å². The number of carbonyl (C=O) groups is 3. The van der Waals surface area contributed by atoms with Gasteiger partial charge in [0.1, 0.15) is 5.97 Å². The number of carboxylic acid groups (broad SMARTS) is 1. The van der Waals surface area contributed by atoms with Crippen LogP contribution in [-0.2, 0) is 19.1 Å².